The highest BCUT2D eigenvalue weighted by Gasteiger charge is 2.18. The lowest BCUT2D eigenvalue weighted by Crippen LogP contribution is -2.16. The molecule has 0 aliphatic carbocycles. The van der Waals surface area contributed by atoms with Crippen molar-refractivity contribution in [2.75, 3.05) is 17.1 Å². The Morgan fingerprint density at radius 3 is 2.23 bits per heavy atom. The van der Waals surface area contributed by atoms with Gasteiger partial charge in [0, 0.05) is 16.8 Å². The van der Waals surface area contributed by atoms with Gasteiger partial charge in [-0.3, -0.25) is 14.3 Å². The van der Waals surface area contributed by atoms with Gasteiger partial charge in [-0.05, 0) is 49.4 Å². The largest absolute Gasteiger partial charge is 0.495 e. The van der Waals surface area contributed by atoms with Crippen molar-refractivity contribution in [2.24, 2.45) is 0 Å². The van der Waals surface area contributed by atoms with E-state index in [1.165, 1.54) is 38.3 Å². The molecule has 1 amide bonds. The Kier molecular flexibility index (Phi) is 6.17. The van der Waals surface area contributed by atoms with E-state index in [1.54, 1.807) is 48.5 Å². The first-order valence-corrected chi connectivity index (χ1v) is 10.5. The van der Waals surface area contributed by atoms with Crippen LogP contribution in [0.3, 0.4) is 0 Å². The summed E-state index contributed by atoms with van der Waals surface area (Å²) in [6.07, 6.45) is 0. The van der Waals surface area contributed by atoms with Crippen molar-refractivity contribution < 1.29 is 22.7 Å². The van der Waals surface area contributed by atoms with E-state index < -0.39 is 15.9 Å². The highest BCUT2D eigenvalue weighted by molar-refractivity contribution is 7.92. The van der Waals surface area contributed by atoms with E-state index in [1.807, 2.05) is 0 Å². The second kappa shape index (κ2) is 8.79. The molecule has 0 fully saturated rings. The second-order valence-electron chi connectivity index (χ2n) is 6.42. The van der Waals surface area contributed by atoms with Crippen molar-refractivity contribution in [1.29, 1.82) is 0 Å². The number of methoxy groups -OCH3 is 1. The molecule has 3 rings (SSSR count). The number of hydrogen-bond acceptors (Lipinski definition) is 5. The van der Waals surface area contributed by atoms with Crippen molar-refractivity contribution in [3.05, 3.63) is 83.9 Å². The van der Waals surface area contributed by atoms with E-state index in [-0.39, 0.29) is 22.1 Å². The van der Waals surface area contributed by atoms with Crippen LogP contribution in [-0.2, 0) is 10.0 Å². The zero-order chi connectivity index (χ0) is 21.7. The summed E-state index contributed by atoms with van der Waals surface area (Å²) in [4.78, 5) is 23.9. The van der Waals surface area contributed by atoms with Gasteiger partial charge in [0.05, 0.1) is 17.7 Å². The van der Waals surface area contributed by atoms with Crippen molar-refractivity contribution in [1.82, 2.24) is 0 Å². The number of nitrogens with one attached hydrogen (secondary N) is 2. The Balaban J connectivity index is 1.90. The molecule has 0 saturated heterocycles. The summed E-state index contributed by atoms with van der Waals surface area (Å²) < 4.78 is 33.4. The van der Waals surface area contributed by atoms with Crippen LogP contribution in [-0.4, -0.2) is 27.2 Å². The minimum atomic E-state index is -3.97. The highest BCUT2D eigenvalue weighted by Crippen LogP contribution is 2.29. The van der Waals surface area contributed by atoms with E-state index in [0.717, 1.165) is 0 Å². The number of amides is 1. The second-order valence-corrected chi connectivity index (χ2v) is 8.11. The van der Waals surface area contributed by atoms with Crippen molar-refractivity contribution in [2.45, 2.75) is 11.8 Å². The highest BCUT2D eigenvalue weighted by atomic mass is 32.2. The van der Waals surface area contributed by atoms with Gasteiger partial charge in [-0.25, -0.2) is 8.42 Å². The first-order chi connectivity index (χ1) is 14.3. The molecule has 0 unspecified atom stereocenters. The van der Waals surface area contributed by atoms with Gasteiger partial charge >= 0.3 is 0 Å². The van der Waals surface area contributed by atoms with Gasteiger partial charge in [-0.15, -0.1) is 0 Å². The van der Waals surface area contributed by atoms with Crippen LogP contribution >= 0.6 is 0 Å². The van der Waals surface area contributed by atoms with Crippen molar-refractivity contribution >= 4 is 33.1 Å². The molecule has 3 aromatic carbocycles. The van der Waals surface area contributed by atoms with Crippen molar-refractivity contribution in [3.63, 3.8) is 0 Å². The summed E-state index contributed by atoms with van der Waals surface area (Å²) >= 11 is 0. The molecule has 7 nitrogen and oxygen atoms in total. The van der Waals surface area contributed by atoms with Gasteiger partial charge in [-0.2, -0.15) is 0 Å². The number of ether oxygens (including phenoxy) is 1. The maximum Gasteiger partial charge on any atom is 0.261 e. The van der Waals surface area contributed by atoms with Gasteiger partial charge in [0.2, 0.25) is 0 Å². The number of anilines is 2. The molecule has 0 heterocycles. The molecule has 2 N–H and O–H groups in total. The summed E-state index contributed by atoms with van der Waals surface area (Å²) in [5, 5.41) is 2.68. The van der Waals surface area contributed by atoms with Crippen LogP contribution in [0.2, 0.25) is 0 Å². The van der Waals surface area contributed by atoms with E-state index in [4.69, 9.17) is 4.74 Å². The first kappa shape index (κ1) is 21.1. The maximum atomic E-state index is 12.8. The summed E-state index contributed by atoms with van der Waals surface area (Å²) in [6, 6.07) is 18.9. The average molecular weight is 424 g/mol. The fourth-order valence-corrected chi connectivity index (χ4v) is 3.83. The molecule has 0 aliphatic heterocycles. The minimum absolute atomic E-state index is 0.0695. The Bertz CT molecular complexity index is 1190. The third-order valence-corrected chi connectivity index (χ3v) is 5.67. The normalized spacial score (nSPS) is 10.9. The summed E-state index contributed by atoms with van der Waals surface area (Å²) in [5.74, 6) is -0.256. The fraction of sp³-hybridized carbons (Fsp3) is 0.0909. The van der Waals surface area contributed by atoms with Gasteiger partial charge in [-0.1, -0.05) is 30.3 Å². The van der Waals surface area contributed by atoms with Gasteiger partial charge in [0.1, 0.15) is 5.75 Å². The molecule has 0 radical (unpaired) electrons. The van der Waals surface area contributed by atoms with Crippen LogP contribution in [0.4, 0.5) is 11.4 Å². The molecule has 0 bridgehead atoms. The number of benzene rings is 3. The monoisotopic (exact) mass is 424 g/mol. The van der Waals surface area contributed by atoms with E-state index in [0.29, 0.717) is 16.9 Å². The van der Waals surface area contributed by atoms with Crippen LogP contribution < -0.4 is 14.8 Å². The van der Waals surface area contributed by atoms with Gasteiger partial charge in [0.25, 0.3) is 15.9 Å². The molecule has 0 atom stereocenters. The number of Topliss-reactive ketones (excluding diaryl/α,β-unsaturated/α-hetero) is 1. The topological polar surface area (TPSA) is 102 Å². The quantitative estimate of drug-likeness (QED) is 0.559. The number of carbonyl (C=O) groups excluding carboxylic acids is 2. The van der Waals surface area contributed by atoms with Gasteiger partial charge in [0.15, 0.2) is 5.78 Å². The third-order valence-electron chi connectivity index (χ3n) is 4.29. The lowest BCUT2D eigenvalue weighted by Gasteiger charge is -2.14. The molecule has 0 saturated carbocycles. The van der Waals surface area contributed by atoms with Crippen LogP contribution in [0.15, 0.2) is 77.7 Å². The van der Waals surface area contributed by atoms with E-state index in [9.17, 15) is 18.0 Å². The van der Waals surface area contributed by atoms with Crippen LogP contribution in [0.1, 0.15) is 27.6 Å². The number of carbonyl (C=O) groups is 2. The lowest BCUT2D eigenvalue weighted by molar-refractivity contribution is 0.101. The lowest BCUT2D eigenvalue weighted by atomic mass is 10.1. The number of ketones is 1. The Morgan fingerprint density at radius 1 is 0.867 bits per heavy atom. The summed E-state index contributed by atoms with van der Waals surface area (Å²) in [7, 11) is -2.55. The number of rotatable bonds is 7. The molecular weight excluding hydrogens is 404 g/mol. The predicted molar refractivity (Wildman–Crippen MR) is 115 cm³/mol. The zero-order valence-corrected chi connectivity index (χ0v) is 17.2. The Morgan fingerprint density at radius 2 is 1.57 bits per heavy atom. The smallest absolute Gasteiger partial charge is 0.261 e. The van der Waals surface area contributed by atoms with E-state index >= 15 is 0 Å². The molecule has 3 aromatic rings. The first-order valence-electron chi connectivity index (χ1n) is 8.98. The number of sulfonamides is 1. The molecule has 0 aliphatic rings. The summed E-state index contributed by atoms with van der Waals surface area (Å²) in [5.41, 5.74) is 1.29. The maximum absolute atomic E-state index is 12.8. The van der Waals surface area contributed by atoms with Crippen LogP contribution in [0, 0.1) is 0 Å². The van der Waals surface area contributed by atoms with Crippen molar-refractivity contribution in [3.8, 4) is 5.75 Å². The Hall–Kier alpha value is -3.65. The summed E-state index contributed by atoms with van der Waals surface area (Å²) in [6.45, 7) is 1.40. The van der Waals surface area contributed by atoms with Crippen LogP contribution in [0.25, 0.3) is 0 Å². The molecule has 30 heavy (non-hydrogen) atoms. The third kappa shape index (κ3) is 4.84. The molecule has 154 valence electrons. The van der Waals surface area contributed by atoms with Crippen LogP contribution in [0.5, 0.6) is 5.75 Å². The van der Waals surface area contributed by atoms with Gasteiger partial charge < -0.3 is 10.1 Å². The average Bonchev–Trinajstić information content (AvgIpc) is 2.74. The predicted octanol–water partition coefficient (Wildman–Crippen LogP) is 3.95. The zero-order valence-electron chi connectivity index (χ0n) is 16.4. The standard InChI is InChI=1S/C22H20N2O5S/c1-15(25)17-9-6-10-18(13-17)24-30(27,28)19-11-12-21(29-2)20(14-19)23-22(26)16-7-4-3-5-8-16/h3-14,24H,1-2H3,(H,23,26). The SMILES string of the molecule is COc1ccc(S(=O)(=O)Nc2cccc(C(C)=O)c2)cc1NC(=O)c1ccccc1. The minimum Gasteiger partial charge on any atom is -0.495 e. The van der Waals surface area contributed by atoms with E-state index in [2.05, 4.69) is 10.0 Å². The fourth-order valence-electron chi connectivity index (χ4n) is 2.75. The Labute approximate surface area is 174 Å². The molecule has 0 spiro atoms. The molecule has 0 aromatic heterocycles. The molecule has 8 heteroatoms. The molecular formula is C22H20N2O5S. The number of hydrogen-bond donors (Lipinski definition) is 2.